The smallest absolute Gasteiger partial charge is 0.359 e. The van der Waals surface area contributed by atoms with Gasteiger partial charge in [-0.1, -0.05) is 146 Å². The number of hydrogen-bond donors (Lipinski definition) is 1. The number of rotatable bonds is 15. The van der Waals surface area contributed by atoms with E-state index in [1.165, 1.54) is 0 Å². The molecular weight excluding hydrogens is 741 g/mol. The zero-order chi connectivity index (χ0) is 41.5. The van der Waals surface area contributed by atoms with E-state index >= 15 is 0 Å². The number of hydrogen-bond acceptors (Lipinski definition) is 10. The maximum absolute atomic E-state index is 13.6. The molecule has 0 amide bonds. The second-order valence-electron chi connectivity index (χ2n) is 15.5. The van der Waals surface area contributed by atoms with Crippen LogP contribution in [0, 0.1) is 5.41 Å². The number of esters is 2. The third-order valence-electron chi connectivity index (χ3n) is 10.6. The molecule has 0 atom stereocenters. The number of ether oxygens (including phenoxy) is 2. The van der Waals surface area contributed by atoms with Crippen LogP contribution in [-0.2, 0) is 44.7 Å². The summed E-state index contributed by atoms with van der Waals surface area (Å²) in [5.74, 6) is -0.472. The average Bonchev–Trinajstić information content (AvgIpc) is 3.88. The highest BCUT2D eigenvalue weighted by atomic mass is 16.7. The van der Waals surface area contributed by atoms with Crippen LogP contribution in [0.5, 0.6) is 0 Å². The molecule has 59 heavy (non-hydrogen) atoms. The molecule has 6 aromatic rings. The lowest BCUT2D eigenvalue weighted by Crippen LogP contribution is -2.48. The first-order valence-electron chi connectivity index (χ1n) is 19.9. The molecule has 1 aliphatic rings. The van der Waals surface area contributed by atoms with Gasteiger partial charge in [-0.25, -0.2) is 9.78 Å². The Morgan fingerprint density at radius 1 is 0.695 bits per heavy atom. The van der Waals surface area contributed by atoms with Crippen LogP contribution in [0.1, 0.15) is 83.9 Å². The van der Waals surface area contributed by atoms with Gasteiger partial charge in [-0.05, 0) is 71.0 Å². The van der Waals surface area contributed by atoms with Crippen molar-refractivity contribution in [1.29, 1.82) is 0 Å². The molecule has 0 saturated heterocycles. The molecule has 0 bridgehead atoms. The Bertz CT molecular complexity index is 2330. The van der Waals surface area contributed by atoms with E-state index in [0.29, 0.717) is 24.5 Å². The minimum absolute atomic E-state index is 0.165. The molecule has 0 saturated carbocycles. The number of benzene rings is 5. The summed E-state index contributed by atoms with van der Waals surface area (Å²) in [5.41, 5.74) is 4.05. The van der Waals surface area contributed by atoms with Crippen molar-refractivity contribution < 1.29 is 24.2 Å². The van der Waals surface area contributed by atoms with Gasteiger partial charge in [0.05, 0.1) is 16.5 Å². The van der Waals surface area contributed by atoms with Crippen LogP contribution < -0.4 is 0 Å². The van der Waals surface area contributed by atoms with Crippen molar-refractivity contribution in [2.75, 3.05) is 13.4 Å². The van der Waals surface area contributed by atoms with Crippen molar-refractivity contribution in [2.45, 2.75) is 64.6 Å². The monoisotopic (exact) mass is 788 g/mol. The molecule has 1 N–H and O–H groups in total. The molecule has 1 aromatic heterocycles. The van der Waals surface area contributed by atoms with E-state index in [9.17, 15) is 14.7 Å². The molecule has 2 heterocycles. The Labute approximate surface area is 344 Å². The zero-order valence-corrected chi connectivity index (χ0v) is 33.8. The Hall–Kier alpha value is -6.59. The summed E-state index contributed by atoms with van der Waals surface area (Å²) < 4.78 is 12.5. The Kier molecular flexibility index (Phi) is 12.0. The number of aliphatic hydroxyl groups is 1. The van der Waals surface area contributed by atoms with Crippen molar-refractivity contribution >= 4 is 11.9 Å². The third-order valence-corrected chi connectivity index (χ3v) is 10.6. The van der Waals surface area contributed by atoms with Gasteiger partial charge < -0.3 is 19.1 Å². The van der Waals surface area contributed by atoms with Gasteiger partial charge in [-0.3, -0.25) is 4.79 Å². The van der Waals surface area contributed by atoms with E-state index in [2.05, 4.69) is 71.1 Å². The molecule has 0 radical (unpaired) electrons. The van der Waals surface area contributed by atoms with Gasteiger partial charge >= 0.3 is 11.9 Å². The van der Waals surface area contributed by atoms with E-state index in [4.69, 9.17) is 24.7 Å². The molecule has 0 fully saturated rings. The fourth-order valence-corrected chi connectivity index (χ4v) is 7.90. The first-order valence-corrected chi connectivity index (χ1v) is 19.9. The largest absolute Gasteiger partial charge is 0.427 e. The topological polar surface area (TPSA) is 140 Å². The van der Waals surface area contributed by atoms with Gasteiger partial charge in [0.25, 0.3) is 0 Å². The molecule has 11 nitrogen and oxygen atoms in total. The van der Waals surface area contributed by atoms with Gasteiger partial charge in [0.1, 0.15) is 5.82 Å². The second-order valence-corrected chi connectivity index (χ2v) is 15.5. The number of imidazole rings is 1. The molecule has 300 valence electrons. The van der Waals surface area contributed by atoms with Crippen LogP contribution >= 0.6 is 0 Å². The standard InChI is InChI=1S/C48H48N6O5/c1-5-17-42-49-41(30-31-55)43(44(56)58-33-59-45(57)46(2,3)4)54(42)32-34-26-28-35(29-27-34)39-24-15-16-25-40(39)48(50-52-53-51-48)47(36-18-9-6-10-19-36,37-20-11-7-12-21-37)38-22-13-8-14-23-38/h6-16,18-29,55H,5,17,30-33H2,1-4H3. The van der Waals surface area contributed by atoms with Crippen molar-refractivity contribution in [3.05, 3.63) is 185 Å². The molecular formula is C48H48N6O5. The van der Waals surface area contributed by atoms with Crippen molar-refractivity contribution in [1.82, 2.24) is 9.55 Å². The van der Waals surface area contributed by atoms with Crippen molar-refractivity contribution in [2.24, 2.45) is 26.1 Å². The molecule has 5 aromatic carbocycles. The summed E-state index contributed by atoms with van der Waals surface area (Å²) in [5, 5.41) is 28.4. The molecule has 11 heteroatoms. The first-order chi connectivity index (χ1) is 28.6. The normalized spacial score (nSPS) is 13.4. The quantitative estimate of drug-likeness (QED) is 0.0624. The van der Waals surface area contributed by atoms with Crippen molar-refractivity contribution in [3.8, 4) is 11.1 Å². The SMILES string of the molecule is CCCc1nc(CCO)c(C(=O)OCOC(=O)C(C)(C)C)n1Cc1ccc(-c2ccccc2C2(C(c3ccccc3)(c3ccccc3)c3ccccc3)N=NN=N2)cc1. The first kappa shape index (κ1) is 40.6. The van der Waals surface area contributed by atoms with E-state index < -0.39 is 35.2 Å². The number of aliphatic hydroxyl groups excluding tert-OH is 1. The lowest BCUT2D eigenvalue weighted by molar-refractivity contribution is -0.161. The predicted octanol–water partition coefficient (Wildman–Crippen LogP) is 9.81. The van der Waals surface area contributed by atoms with Gasteiger partial charge in [0.15, 0.2) is 5.69 Å². The summed E-state index contributed by atoms with van der Waals surface area (Å²) in [6, 6.07) is 47.1. The van der Waals surface area contributed by atoms with Crippen molar-refractivity contribution in [3.63, 3.8) is 0 Å². The van der Waals surface area contributed by atoms with Crippen LogP contribution in [0.4, 0.5) is 0 Å². The molecule has 1 aliphatic heterocycles. The lowest BCUT2D eigenvalue weighted by atomic mass is 9.59. The van der Waals surface area contributed by atoms with Crippen LogP contribution in [0.2, 0.25) is 0 Å². The number of carbonyl (C=O) groups is 2. The number of carbonyl (C=O) groups excluding carboxylic acids is 2. The number of aryl methyl sites for hydroxylation is 1. The molecule has 0 unspecified atom stereocenters. The van der Waals surface area contributed by atoms with Crippen LogP contribution in [-0.4, -0.2) is 40.0 Å². The fourth-order valence-electron chi connectivity index (χ4n) is 7.90. The minimum Gasteiger partial charge on any atom is -0.427 e. The molecule has 0 aliphatic carbocycles. The van der Waals surface area contributed by atoms with Gasteiger partial charge in [-0.15, -0.1) is 10.2 Å². The van der Waals surface area contributed by atoms with E-state index in [1.807, 2.05) is 90.4 Å². The Balaban J connectivity index is 1.30. The van der Waals surface area contributed by atoms with Gasteiger partial charge in [0.2, 0.25) is 12.5 Å². The minimum atomic E-state index is -1.35. The average molecular weight is 789 g/mol. The fraction of sp³-hybridized carbons (Fsp3) is 0.271. The van der Waals surface area contributed by atoms with E-state index in [-0.39, 0.29) is 18.7 Å². The highest BCUT2D eigenvalue weighted by molar-refractivity contribution is 5.89. The predicted molar refractivity (Wildman–Crippen MR) is 224 cm³/mol. The zero-order valence-electron chi connectivity index (χ0n) is 33.8. The highest BCUT2D eigenvalue weighted by Gasteiger charge is 2.60. The highest BCUT2D eigenvalue weighted by Crippen LogP contribution is 2.58. The molecule has 7 rings (SSSR count). The lowest BCUT2D eigenvalue weighted by Gasteiger charge is -2.45. The van der Waals surface area contributed by atoms with E-state index in [1.54, 1.807) is 20.8 Å². The summed E-state index contributed by atoms with van der Waals surface area (Å²) in [4.78, 5) is 30.8. The summed E-state index contributed by atoms with van der Waals surface area (Å²) in [7, 11) is 0. The van der Waals surface area contributed by atoms with Gasteiger partial charge in [-0.2, -0.15) is 0 Å². The Morgan fingerprint density at radius 2 is 1.24 bits per heavy atom. The van der Waals surface area contributed by atoms with Crippen LogP contribution in [0.3, 0.4) is 0 Å². The number of nitrogens with zero attached hydrogens (tertiary/aromatic N) is 6. The maximum Gasteiger partial charge on any atom is 0.359 e. The van der Waals surface area contributed by atoms with Crippen LogP contribution in [0.15, 0.2) is 160 Å². The van der Waals surface area contributed by atoms with E-state index in [0.717, 1.165) is 45.4 Å². The van der Waals surface area contributed by atoms with Crippen LogP contribution in [0.25, 0.3) is 11.1 Å². The molecule has 0 spiro atoms. The number of aromatic nitrogens is 2. The Morgan fingerprint density at radius 3 is 1.76 bits per heavy atom. The third kappa shape index (κ3) is 7.85. The maximum atomic E-state index is 13.6. The summed E-state index contributed by atoms with van der Waals surface area (Å²) in [6.45, 7) is 6.80. The summed E-state index contributed by atoms with van der Waals surface area (Å²) >= 11 is 0. The summed E-state index contributed by atoms with van der Waals surface area (Å²) in [6.07, 6.45) is 1.56. The van der Waals surface area contributed by atoms with Gasteiger partial charge in [0, 0.05) is 31.6 Å². The second kappa shape index (κ2) is 17.5.